The number of rotatable bonds is 5. The van der Waals surface area contributed by atoms with Crippen molar-refractivity contribution < 1.29 is 4.39 Å². The highest BCUT2D eigenvalue weighted by Gasteiger charge is 2.19. The summed E-state index contributed by atoms with van der Waals surface area (Å²) in [5, 5.41) is 4.15. The molecule has 0 spiro atoms. The van der Waals surface area contributed by atoms with Gasteiger partial charge in [0.25, 0.3) is 0 Å². The zero-order valence-electron chi connectivity index (χ0n) is 11.5. The molecular formula is C15H16Cl2FN3. The second-order valence-electron chi connectivity index (χ2n) is 4.64. The average molecular weight is 328 g/mol. The number of hydrogen-bond acceptors (Lipinski definition) is 3. The van der Waals surface area contributed by atoms with Crippen molar-refractivity contribution in [2.75, 3.05) is 12.3 Å². The minimum absolute atomic E-state index is 0.212. The van der Waals surface area contributed by atoms with Crippen LogP contribution in [-0.4, -0.2) is 11.5 Å². The van der Waals surface area contributed by atoms with Crippen LogP contribution in [0.4, 0.5) is 10.2 Å². The SMILES string of the molecule is CCNC(Cc1c(F)cccc1Cl)c1cc(Cl)cnc1N. The van der Waals surface area contributed by atoms with Crippen molar-refractivity contribution >= 4 is 29.0 Å². The lowest BCUT2D eigenvalue weighted by Gasteiger charge is -2.20. The zero-order chi connectivity index (χ0) is 15.4. The number of anilines is 1. The first-order valence-corrected chi connectivity index (χ1v) is 7.35. The van der Waals surface area contributed by atoms with Crippen LogP contribution in [0.15, 0.2) is 30.5 Å². The second-order valence-corrected chi connectivity index (χ2v) is 5.49. The monoisotopic (exact) mass is 327 g/mol. The molecular weight excluding hydrogens is 312 g/mol. The molecule has 1 aromatic heterocycles. The van der Waals surface area contributed by atoms with Gasteiger partial charge in [-0.2, -0.15) is 0 Å². The highest BCUT2D eigenvalue weighted by atomic mass is 35.5. The Morgan fingerprint density at radius 2 is 2.14 bits per heavy atom. The van der Waals surface area contributed by atoms with Gasteiger partial charge in [0.05, 0.1) is 5.02 Å². The Kier molecular flexibility index (Phi) is 5.39. The lowest BCUT2D eigenvalue weighted by atomic mass is 9.98. The molecule has 0 bridgehead atoms. The van der Waals surface area contributed by atoms with E-state index in [0.29, 0.717) is 34.4 Å². The summed E-state index contributed by atoms with van der Waals surface area (Å²) >= 11 is 12.1. The number of pyridine rings is 1. The Morgan fingerprint density at radius 1 is 1.38 bits per heavy atom. The lowest BCUT2D eigenvalue weighted by molar-refractivity contribution is 0.528. The predicted octanol–water partition coefficient (Wildman–Crippen LogP) is 4.00. The van der Waals surface area contributed by atoms with Crippen molar-refractivity contribution in [2.45, 2.75) is 19.4 Å². The van der Waals surface area contributed by atoms with E-state index in [1.54, 1.807) is 18.2 Å². The van der Waals surface area contributed by atoms with E-state index in [1.165, 1.54) is 12.3 Å². The van der Waals surface area contributed by atoms with E-state index < -0.39 is 0 Å². The Morgan fingerprint density at radius 3 is 2.81 bits per heavy atom. The molecule has 0 saturated carbocycles. The van der Waals surface area contributed by atoms with Gasteiger partial charge in [0.1, 0.15) is 11.6 Å². The van der Waals surface area contributed by atoms with E-state index in [2.05, 4.69) is 10.3 Å². The van der Waals surface area contributed by atoms with Gasteiger partial charge in [-0.25, -0.2) is 9.37 Å². The normalized spacial score (nSPS) is 12.4. The van der Waals surface area contributed by atoms with Crippen LogP contribution in [0.3, 0.4) is 0 Å². The van der Waals surface area contributed by atoms with Crippen LogP contribution in [0.2, 0.25) is 10.0 Å². The van der Waals surface area contributed by atoms with Crippen molar-refractivity contribution in [3.05, 3.63) is 57.5 Å². The van der Waals surface area contributed by atoms with Crippen LogP contribution >= 0.6 is 23.2 Å². The Balaban J connectivity index is 2.38. The molecule has 0 saturated heterocycles. The molecule has 1 aromatic carbocycles. The fourth-order valence-corrected chi connectivity index (χ4v) is 2.62. The highest BCUT2D eigenvalue weighted by Crippen LogP contribution is 2.29. The Hall–Kier alpha value is -1.36. The Labute approximate surface area is 133 Å². The van der Waals surface area contributed by atoms with Crippen LogP contribution in [-0.2, 0) is 6.42 Å². The predicted molar refractivity (Wildman–Crippen MR) is 85.2 cm³/mol. The second kappa shape index (κ2) is 7.07. The molecule has 0 aliphatic rings. The van der Waals surface area contributed by atoms with Gasteiger partial charge in [0, 0.05) is 28.4 Å². The molecule has 112 valence electrons. The van der Waals surface area contributed by atoms with Crippen LogP contribution in [0.25, 0.3) is 0 Å². The van der Waals surface area contributed by atoms with Gasteiger partial charge in [-0.15, -0.1) is 0 Å². The van der Waals surface area contributed by atoms with E-state index in [9.17, 15) is 4.39 Å². The minimum atomic E-state index is -0.334. The lowest BCUT2D eigenvalue weighted by Crippen LogP contribution is -2.24. The quantitative estimate of drug-likeness (QED) is 0.872. The smallest absolute Gasteiger partial charge is 0.128 e. The van der Waals surface area contributed by atoms with Crippen LogP contribution in [0, 0.1) is 5.82 Å². The van der Waals surface area contributed by atoms with Crippen molar-refractivity contribution in [3.63, 3.8) is 0 Å². The maximum atomic E-state index is 14.0. The molecule has 1 heterocycles. The molecule has 3 N–H and O–H groups in total. The molecule has 0 fully saturated rings. The molecule has 2 aromatic rings. The van der Waals surface area contributed by atoms with E-state index in [4.69, 9.17) is 28.9 Å². The molecule has 0 aliphatic carbocycles. The summed E-state index contributed by atoms with van der Waals surface area (Å²) in [6.45, 7) is 2.66. The summed E-state index contributed by atoms with van der Waals surface area (Å²) in [6.07, 6.45) is 1.85. The molecule has 3 nitrogen and oxygen atoms in total. The summed E-state index contributed by atoms with van der Waals surface area (Å²) in [5.74, 6) is 0.0387. The number of nitrogens with zero attached hydrogens (tertiary/aromatic N) is 1. The average Bonchev–Trinajstić information content (AvgIpc) is 2.44. The molecule has 0 aliphatic heterocycles. The molecule has 6 heteroatoms. The Bertz CT molecular complexity index is 614. The molecule has 0 radical (unpaired) electrons. The number of likely N-dealkylation sites (N-methyl/N-ethyl adjacent to an activating group) is 1. The number of halogens is 3. The van der Waals surface area contributed by atoms with Gasteiger partial charge in [0.2, 0.25) is 0 Å². The standard InChI is InChI=1S/C15H16Cl2FN3/c1-2-20-14(11-6-9(16)8-21-15(11)19)7-10-12(17)4-3-5-13(10)18/h3-6,8,14,20H,2,7H2,1H3,(H2,19,21). The van der Waals surface area contributed by atoms with Gasteiger partial charge in [-0.1, -0.05) is 36.2 Å². The first kappa shape index (κ1) is 16.0. The summed E-state index contributed by atoms with van der Waals surface area (Å²) in [7, 11) is 0. The van der Waals surface area contributed by atoms with Crippen molar-refractivity contribution in [1.29, 1.82) is 0 Å². The maximum absolute atomic E-state index is 14.0. The molecule has 1 atom stereocenters. The van der Waals surface area contributed by atoms with E-state index in [1.807, 2.05) is 6.92 Å². The van der Waals surface area contributed by atoms with Crippen LogP contribution in [0.5, 0.6) is 0 Å². The number of aromatic nitrogens is 1. The number of nitrogens with two attached hydrogens (primary N) is 1. The van der Waals surface area contributed by atoms with E-state index in [-0.39, 0.29) is 11.9 Å². The maximum Gasteiger partial charge on any atom is 0.128 e. The third-order valence-electron chi connectivity index (χ3n) is 3.21. The van der Waals surface area contributed by atoms with E-state index in [0.717, 1.165) is 5.56 Å². The first-order chi connectivity index (χ1) is 10.0. The van der Waals surface area contributed by atoms with Gasteiger partial charge in [0.15, 0.2) is 0 Å². The van der Waals surface area contributed by atoms with E-state index >= 15 is 0 Å². The van der Waals surface area contributed by atoms with Crippen molar-refractivity contribution in [1.82, 2.24) is 10.3 Å². The number of nitrogen functional groups attached to an aromatic ring is 1. The van der Waals surface area contributed by atoms with Crippen LogP contribution < -0.4 is 11.1 Å². The fraction of sp³-hybridized carbons (Fsp3) is 0.267. The third-order valence-corrected chi connectivity index (χ3v) is 3.77. The number of hydrogen-bond donors (Lipinski definition) is 2. The fourth-order valence-electron chi connectivity index (χ4n) is 2.21. The summed E-state index contributed by atoms with van der Waals surface area (Å²) in [6, 6.07) is 6.17. The van der Waals surface area contributed by atoms with Gasteiger partial charge in [-0.3, -0.25) is 0 Å². The minimum Gasteiger partial charge on any atom is -0.383 e. The van der Waals surface area contributed by atoms with Gasteiger partial charge < -0.3 is 11.1 Å². The third kappa shape index (κ3) is 3.84. The first-order valence-electron chi connectivity index (χ1n) is 6.60. The van der Waals surface area contributed by atoms with Crippen molar-refractivity contribution in [3.8, 4) is 0 Å². The largest absolute Gasteiger partial charge is 0.383 e. The highest BCUT2D eigenvalue weighted by molar-refractivity contribution is 6.31. The summed E-state index contributed by atoms with van der Waals surface area (Å²) in [5.41, 5.74) is 7.10. The molecule has 0 amide bonds. The molecule has 21 heavy (non-hydrogen) atoms. The number of nitrogens with one attached hydrogen (secondary N) is 1. The zero-order valence-corrected chi connectivity index (χ0v) is 13.0. The van der Waals surface area contributed by atoms with Gasteiger partial charge >= 0.3 is 0 Å². The topological polar surface area (TPSA) is 50.9 Å². The van der Waals surface area contributed by atoms with Crippen molar-refractivity contribution in [2.24, 2.45) is 0 Å². The van der Waals surface area contributed by atoms with Gasteiger partial charge in [-0.05, 0) is 31.2 Å². The summed E-state index contributed by atoms with van der Waals surface area (Å²) in [4.78, 5) is 4.05. The summed E-state index contributed by atoms with van der Waals surface area (Å²) < 4.78 is 14.0. The molecule has 1 unspecified atom stereocenters. The number of benzene rings is 1. The molecule has 2 rings (SSSR count). The van der Waals surface area contributed by atoms with Crippen LogP contribution in [0.1, 0.15) is 24.1 Å².